The van der Waals surface area contributed by atoms with Gasteiger partial charge in [-0.15, -0.1) is 0 Å². The van der Waals surface area contributed by atoms with Crippen molar-refractivity contribution in [3.8, 4) is 17.3 Å². The standard InChI is InChI=1S/C21H21ClN6O2/c1-14(25-20(29)19-10-27(13-24-19)11-21(2)12-30-21)9-28-6-5-18(26-28)15-3-4-16(8-23)17(22)7-15/h3-7,10,13-14H,9,11-12H2,1-2H3,(H,25,29). The predicted molar refractivity (Wildman–Crippen MR) is 111 cm³/mol. The number of benzene rings is 1. The minimum Gasteiger partial charge on any atom is -0.368 e. The summed E-state index contributed by atoms with van der Waals surface area (Å²) in [4.78, 5) is 16.7. The summed E-state index contributed by atoms with van der Waals surface area (Å²) in [6.45, 7) is 5.85. The smallest absolute Gasteiger partial charge is 0.271 e. The molecule has 1 aromatic carbocycles. The van der Waals surface area contributed by atoms with E-state index in [1.165, 1.54) is 0 Å². The lowest BCUT2D eigenvalue weighted by molar-refractivity contribution is 0.0931. The lowest BCUT2D eigenvalue weighted by Gasteiger charge is -2.13. The molecular formula is C21H21ClN6O2. The molecule has 0 radical (unpaired) electrons. The van der Waals surface area contributed by atoms with Gasteiger partial charge in [0.1, 0.15) is 17.4 Å². The number of imidazole rings is 1. The van der Waals surface area contributed by atoms with E-state index in [-0.39, 0.29) is 17.6 Å². The normalized spacial score (nSPS) is 18.6. The Hall–Kier alpha value is -3.15. The minimum atomic E-state index is -0.227. The van der Waals surface area contributed by atoms with Gasteiger partial charge >= 0.3 is 0 Å². The Bertz CT molecular complexity index is 1120. The van der Waals surface area contributed by atoms with Crippen molar-refractivity contribution in [2.75, 3.05) is 6.61 Å². The molecule has 0 bridgehead atoms. The zero-order chi connectivity index (χ0) is 21.3. The van der Waals surface area contributed by atoms with Gasteiger partial charge in [-0.25, -0.2) is 4.98 Å². The van der Waals surface area contributed by atoms with Crippen molar-refractivity contribution in [2.24, 2.45) is 0 Å². The second kappa shape index (κ2) is 7.94. The number of rotatable bonds is 7. The van der Waals surface area contributed by atoms with Gasteiger partial charge in [0, 0.05) is 24.0 Å². The van der Waals surface area contributed by atoms with Crippen LogP contribution in [0.3, 0.4) is 0 Å². The Kier molecular flexibility index (Phi) is 5.33. The van der Waals surface area contributed by atoms with Crippen LogP contribution in [-0.4, -0.2) is 43.5 Å². The summed E-state index contributed by atoms with van der Waals surface area (Å²) in [6.07, 6.45) is 5.22. The first kappa shape index (κ1) is 20.1. The fourth-order valence-electron chi connectivity index (χ4n) is 3.17. The number of aromatic nitrogens is 4. The number of epoxide rings is 1. The molecule has 1 N–H and O–H groups in total. The van der Waals surface area contributed by atoms with E-state index in [1.807, 2.05) is 42.8 Å². The lowest BCUT2D eigenvalue weighted by atomic mass is 10.1. The molecule has 1 aliphatic rings. The molecule has 1 saturated heterocycles. The van der Waals surface area contributed by atoms with Crippen LogP contribution in [0.4, 0.5) is 0 Å². The van der Waals surface area contributed by atoms with Gasteiger partial charge in [-0.2, -0.15) is 10.4 Å². The minimum absolute atomic E-state index is 0.140. The van der Waals surface area contributed by atoms with E-state index in [2.05, 4.69) is 15.4 Å². The summed E-state index contributed by atoms with van der Waals surface area (Å²) in [5, 5.41) is 16.9. The van der Waals surface area contributed by atoms with Crippen molar-refractivity contribution < 1.29 is 9.53 Å². The van der Waals surface area contributed by atoms with E-state index in [1.54, 1.807) is 29.3 Å². The van der Waals surface area contributed by atoms with Gasteiger partial charge in [-0.1, -0.05) is 17.7 Å². The zero-order valence-electron chi connectivity index (χ0n) is 16.7. The molecule has 154 valence electrons. The quantitative estimate of drug-likeness (QED) is 0.587. The molecule has 1 fully saturated rings. The highest BCUT2D eigenvalue weighted by molar-refractivity contribution is 6.32. The molecule has 2 unspecified atom stereocenters. The monoisotopic (exact) mass is 424 g/mol. The lowest BCUT2D eigenvalue weighted by Crippen LogP contribution is -2.36. The SMILES string of the molecule is CC(Cn1ccc(-c2ccc(C#N)c(Cl)c2)n1)NC(=O)c1cn(CC2(C)CO2)cn1. The van der Waals surface area contributed by atoms with Crippen LogP contribution in [-0.2, 0) is 17.8 Å². The molecule has 3 aromatic rings. The molecule has 1 amide bonds. The molecule has 2 aromatic heterocycles. The third-order valence-corrected chi connectivity index (χ3v) is 5.20. The van der Waals surface area contributed by atoms with Gasteiger partial charge in [-0.3, -0.25) is 9.48 Å². The van der Waals surface area contributed by atoms with Gasteiger partial charge in [0.2, 0.25) is 0 Å². The summed E-state index contributed by atoms with van der Waals surface area (Å²) in [7, 11) is 0. The summed E-state index contributed by atoms with van der Waals surface area (Å²) >= 11 is 6.11. The van der Waals surface area contributed by atoms with E-state index in [0.717, 1.165) is 17.9 Å². The highest BCUT2D eigenvalue weighted by Gasteiger charge is 2.39. The maximum Gasteiger partial charge on any atom is 0.271 e. The number of halogens is 1. The van der Waals surface area contributed by atoms with Crippen LogP contribution >= 0.6 is 11.6 Å². The molecule has 30 heavy (non-hydrogen) atoms. The van der Waals surface area contributed by atoms with Crippen LogP contribution in [0.2, 0.25) is 5.02 Å². The van der Waals surface area contributed by atoms with Crippen LogP contribution in [0.1, 0.15) is 29.9 Å². The number of carbonyl (C=O) groups excluding carboxylic acids is 1. The first-order valence-electron chi connectivity index (χ1n) is 9.55. The van der Waals surface area contributed by atoms with Crippen molar-refractivity contribution in [3.63, 3.8) is 0 Å². The van der Waals surface area contributed by atoms with Crippen LogP contribution in [0.25, 0.3) is 11.3 Å². The van der Waals surface area contributed by atoms with Crippen molar-refractivity contribution in [1.29, 1.82) is 5.26 Å². The Morgan fingerprint density at radius 3 is 2.97 bits per heavy atom. The van der Waals surface area contributed by atoms with Gasteiger partial charge in [0.15, 0.2) is 0 Å². The highest BCUT2D eigenvalue weighted by atomic mass is 35.5. The van der Waals surface area contributed by atoms with E-state index in [4.69, 9.17) is 21.6 Å². The van der Waals surface area contributed by atoms with Crippen molar-refractivity contribution in [1.82, 2.24) is 24.6 Å². The van der Waals surface area contributed by atoms with E-state index < -0.39 is 0 Å². The fourth-order valence-corrected chi connectivity index (χ4v) is 3.39. The largest absolute Gasteiger partial charge is 0.368 e. The molecule has 0 aliphatic carbocycles. The number of amides is 1. The summed E-state index contributed by atoms with van der Waals surface area (Å²) in [6, 6.07) is 8.97. The first-order chi connectivity index (χ1) is 14.3. The summed E-state index contributed by atoms with van der Waals surface area (Å²) < 4.78 is 9.00. The number of nitrogens with zero attached hydrogens (tertiary/aromatic N) is 5. The molecule has 8 nitrogen and oxygen atoms in total. The Balaban J connectivity index is 1.35. The Morgan fingerprint density at radius 2 is 2.27 bits per heavy atom. The number of hydrogen-bond acceptors (Lipinski definition) is 5. The Morgan fingerprint density at radius 1 is 1.47 bits per heavy atom. The van der Waals surface area contributed by atoms with Crippen molar-refractivity contribution in [3.05, 3.63) is 59.3 Å². The van der Waals surface area contributed by atoms with E-state index in [9.17, 15) is 4.79 Å². The van der Waals surface area contributed by atoms with Gasteiger partial charge in [0.05, 0.1) is 42.3 Å². The Labute approximate surface area is 179 Å². The molecule has 4 rings (SSSR count). The van der Waals surface area contributed by atoms with Gasteiger partial charge in [0.25, 0.3) is 5.91 Å². The first-order valence-corrected chi connectivity index (χ1v) is 9.93. The predicted octanol–water partition coefficient (Wildman–Crippen LogP) is 2.88. The number of ether oxygens (including phenoxy) is 1. The number of hydrogen-bond donors (Lipinski definition) is 1. The molecule has 0 saturated carbocycles. The topological polar surface area (TPSA) is 101 Å². The van der Waals surface area contributed by atoms with Gasteiger partial charge in [-0.05, 0) is 32.0 Å². The average Bonchev–Trinajstić information content (AvgIpc) is 3.09. The molecule has 2 atom stereocenters. The molecule has 9 heteroatoms. The number of nitrogens with one attached hydrogen (secondary N) is 1. The van der Waals surface area contributed by atoms with E-state index >= 15 is 0 Å². The molecular weight excluding hydrogens is 404 g/mol. The fraction of sp³-hybridized carbons (Fsp3) is 0.333. The molecule has 1 aliphatic heterocycles. The second-order valence-electron chi connectivity index (χ2n) is 7.77. The number of nitriles is 1. The van der Waals surface area contributed by atoms with Crippen LogP contribution in [0.15, 0.2) is 43.0 Å². The maximum atomic E-state index is 12.5. The zero-order valence-corrected chi connectivity index (χ0v) is 17.4. The van der Waals surface area contributed by atoms with Gasteiger partial charge < -0.3 is 14.6 Å². The van der Waals surface area contributed by atoms with Crippen LogP contribution in [0.5, 0.6) is 0 Å². The second-order valence-corrected chi connectivity index (χ2v) is 8.18. The average molecular weight is 425 g/mol. The van der Waals surface area contributed by atoms with Crippen molar-refractivity contribution >= 4 is 17.5 Å². The number of carbonyl (C=O) groups is 1. The third kappa shape index (κ3) is 4.53. The van der Waals surface area contributed by atoms with Crippen LogP contribution < -0.4 is 5.32 Å². The molecule has 3 heterocycles. The van der Waals surface area contributed by atoms with E-state index in [0.29, 0.717) is 29.4 Å². The summed E-state index contributed by atoms with van der Waals surface area (Å²) in [5.74, 6) is -0.227. The molecule has 0 spiro atoms. The highest BCUT2D eigenvalue weighted by Crippen LogP contribution is 2.27. The third-order valence-electron chi connectivity index (χ3n) is 4.88. The van der Waals surface area contributed by atoms with Crippen molar-refractivity contribution in [2.45, 2.75) is 38.6 Å². The van der Waals surface area contributed by atoms with Crippen LogP contribution in [0, 0.1) is 11.3 Å². The maximum absolute atomic E-state index is 12.5. The summed E-state index contributed by atoms with van der Waals surface area (Å²) in [5.41, 5.74) is 2.23.